The van der Waals surface area contributed by atoms with Crippen LogP contribution in [0.5, 0.6) is 0 Å². The molecule has 0 spiro atoms. The number of aliphatic hydroxyl groups is 1. The minimum Gasteiger partial charge on any atom is -0.388 e. The van der Waals surface area contributed by atoms with Gasteiger partial charge >= 0.3 is 0 Å². The molecule has 1 aliphatic carbocycles. The van der Waals surface area contributed by atoms with E-state index in [-0.39, 0.29) is 0 Å². The lowest BCUT2D eigenvalue weighted by atomic mass is 9.80. The molecule has 0 radical (unpaired) electrons. The molecule has 0 amide bonds. The fourth-order valence-corrected chi connectivity index (χ4v) is 3.06. The summed E-state index contributed by atoms with van der Waals surface area (Å²) in [7, 11) is 0. The maximum Gasteiger partial charge on any atom is 0.0830 e. The van der Waals surface area contributed by atoms with Crippen molar-refractivity contribution in [2.75, 3.05) is 0 Å². The van der Waals surface area contributed by atoms with Crippen molar-refractivity contribution in [3.63, 3.8) is 0 Å². The highest BCUT2D eigenvalue weighted by atomic mass is 35.5. The van der Waals surface area contributed by atoms with Crippen LogP contribution in [-0.2, 0) is 6.42 Å². The van der Waals surface area contributed by atoms with E-state index in [1.165, 1.54) is 24.8 Å². The maximum atomic E-state index is 10.4. The Morgan fingerprint density at radius 2 is 1.71 bits per heavy atom. The van der Waals surface area contributed by atoms with Gasteiger partial charge in [0.2, 0.25) is 0 Å². The van der Waals surface area contributed by atoms with E-state index >= 15 is 0 Å². The Bertz CT molecular complexity index is 618. The van der Waals surface area contributed by atoms with E-state index in [2.05, 4.69) is 12.1 Å². The van der Waals surface area contributed by atoms with Gasteiger partial charge in [-0.25, -0.2) is 0 Å². The molecule has 3 rings (SSSR count). The summed E-state index contributed by atoms with van der Waals surface area (Å²) in [5, 5.41) is 11.4. The second-order valence-corrected chi connectivity index (χ2v) is 6.58. The van der Waals surface area contributed by atoms with Gasteiger partial charge in [-0.1, -0.05) is 60.0 Å². The van der Waals surface area contributed by atoms with Crippen molar-refractivity contribution in [1.29, 1.82) is 0 Å². The van der Waals surface area contributed by atoms with Gasteiger partial charge in [0.05, 0.1) is 16.1 Å². The first kappa shape index (κ1) is 14.9. The van der Waals surface area contributed by atoms with Gasteiger partial charge in [0.1, 0.15) is 0 Å². The van der Waals surface area contributed by atoms with Crippen molar-refractivity contribution in [1.82, 2.24) is 0 Å². The zero-order chi connectivity index (χ0) is 14.8. The lowest BCUT2D eigenvalue weighted by Gasteiger charge is -2.26. The Hall–Kier alpha value is -1.02. The molecule has 1 aliphatic rings. The van der Waals surface area contributed by atoms with Crippen LogP contribution in [0.25, 0.3) is 0 Å². The molecule has 0 bridgehead atoms. The highest BCUT2D eigenvalue weighted by Gasteiger charge is 2.19. The van der Waals surface area contributed by atoms with Crippen LogP contribution in [-0.4, -0.2) is 5.11 Å². The minimum atomic E-state index is -0.516. The molecule has 1 saturated carbocycles. The Labute approximate surface area is 135 Å². The van der Waals surface area contributed by atoms with E-state index in [1.807, 2.05) is 24.3 Å². The SMILES string of the molecule is OC(Cc1ccc(Cl)c(Cl)c1)c1ccc(C2CCC2)cc1. The molecule has 1 unspecified atom stereocenters. The molecule has 2 aromatic carbocycles. The molecule has 2 aromatic rings. The molecule has 0 aromatic heterocycles. The fourth-order valence-electron chi connectivity index (χ4n) is 2.74. The monoisotopic (exact) mass is 320 g/mol. The van der Waals surface area contributed by atoms with Crippen molar-refractivity contribution >= 4 is 23.2 Å². The molecule has 0 saturated heterocycles. The van der Waals surface area contributed by atoms with Crippen LogP contribution in [0.3, 0.4) is 0 Å². The molecule has 21 heavy (non-hydrogen) atoms. The lowest BCUT2D eigenvalue weighted by molar-refractivity contribution is 0.178. The molecule has 1 N–H and O–H groups in total. The molecular weight excluding hydrogens is 303 g/mol. The van der Waals surface area contributed by atoms with Gasteiger partial charge in [-0.05, 0) is 47.6 Å². The van der Waals surface area contributed by atoms with E-state index in [0.29, 0.717) is 16.5 Å². The summed E-state index contributed by atoms with van der Waals surface area (Å²) in [5.41, 5.74) is 3.33. The predicted octanol–water partition coefficient (Wildman–Crippen LogP) is 5.54. The smallest absolute Gasteiger partial charge is 0.0830 e. The van der Waals surface area contributed by atoms with Crippen LogP contribution in [0.4, 0.5) is 0 Å². The number of hydrogen-bond acceptors (Lipinski definition) is 1. The van der Waals surface area contributed by atoms with E-state index in [0.717, 1.165) is 17.0 Å². The van der Waals surface area contributed by atoms with Gasteiger partial charge in [0, 0.05) is 6.42 Å². The topological polar surface area (TPSA) is 20.2 Å². The first-order chi connectivity index (χ1) is 10.1. The van der Waals surface area contributed by atoms with Crippen LogP contribution in [0, 0.1) is 0 Å². The summed E-state index contributed by atoms with van der Waals surface area (Å²) in [6.45, 7) is 0. The van der Waals surface area contributed by atoms with Gasteiger partial charge < -0.3 is 5.11 Å². The van der Waals surface area contributed by atoms with Gasteiger partial charge in [0.25, 0.3) is 0 Å². The molecule has 3 heteroatoms. The molecule has 0 heterocycles. The second kappa shape index (κ2) is 6.39. The highest BCUT2D eigenvalue weighted by Crippen LogP contribution is 2.36. The fraction of sp³-hybridized carbons (Fsp3) is 0.333. The Balaban J connectivity index is 1.69. The molecular formula is C18H18Cl2O. The van der Waals surface area contributed by atoms with Crippen LogP contribution in [0.15, 0.2) is 42.5 Å². The summed E-state index contributed by atoms with van der Waals surface area (Å²) >= 11 is 11.9. The summed E-state index contributed by atoms with van der Waals surface area (Å²) in [6.07, 6.45) is 3.96. The Kier molecular flexibility index (Phi) is 4.54. The summed E-state index contributed by atoms with van der Waals surface area (Å²) < 4.78 is 0. The van der Waals surface area contributed by atoms with E-state index < -0.39 is 6.10 Å². The van der Waals surface area contributed by atoms with Crippen molar-refractivity contribution < 1.29 is 5.11 Å². The number of rotatable bonds is 4. The third-order valence-corrected chi connectivity index (χ3v) is 5.05. The zero-order valence-electron chi connectivity index (χ0n) is 11.7. The second-order valence-electron chi connectivity index (χ2n) is 5.76. The summed E-state index contributed by atoms with van der Waals surface area (Å²) in [4.78, 5) is 0. The third-order valence-electron chi connectivity index (χ3n) is 4.31. The number of aliphatic hydroxyl groups excluding tert-OH is 1. The van der Waals surface area contributed by atoms with Crippen LogP contribution < -0.4 is 0 Å². The van der Waals surface area contributed by atoms with Crippen LogP contribution in [0.1, 0.15) is 48.0 Å². The summed E-state index contributed by atoms with van der Waals surface area (Å²) in [5.74, 6) is 0.728. The minimum absolute atomic E-state index is 0.516. The standard InChI is InChI=1S/C18H18Cl2O/c19-16-9-4-12(10-17(16)20)11-18(21)15-7-5-14(6-8-15)13-2-1-3-13/h4-10,13,18,21H,1-3,11H2. The van der Waals surface area contributed by atoms with Crippen molar-refractivity contribution in [3.05, 3.63) is 69.2 Å². The van der Waals surface area contributed by atoms with Gasteiger partial charge in [-0.2, -0.15) is 0 Å². The first-order valence-electron chi connectivity index (χ1n) is 7.35. The van der Waals surface area contributed by atoms with Gasteiger partial charge in [0.15, 0.2) is 0 Å². The summed E-state index contributed by atoms with van der Waals surface area (Å²) in [6, 6.07) is 13.9. The number of hydrogen-bond donors (Lipinski definition) is 1. The third kappa shape index (κ3) is 3.42. The molecule has 0 aliphatic heterocycles. The van der Waals surface area contributed by atoms with E-state index in [4.69, 9.17) is 23.2 Å². The average Bonchev–Trinajstić information content (AvgIpc) is 2.42. The van der Waals surface area contributed by atoms with E-state index in [1.54, 1.807) is 6.07 Å². The Morgan fingerprint density at radius 3 is 2.29 bits per heavy atom. The molecule has 1 fully saturated rings. The van der Waals surface area contributed by atoms with Crippen molar-refractivity contribution in [2.45, 2.75) is 37.7 Å². The maximum absolute atomic E-state index is 10.4. The van der Waals surface area contributed by atoms with Crippen molar-refractivity contribution in [2.24, 2.45) is 0 Å². The highest BCUT2D eigenvalue weighted by molar-refractivity contribution is 6.42. The van der Waals surface area contributed by atoms with Gasteiger partial charge in [-0.3, -0.25) is 0 Å². The zero-order valence-corrected chi connectivity index (χ0v) is 13.2. The first-order valence-corrected chi connectivity index (χ1v) is 8.11. The van der Waals surface area contributed by atoms with Crippen LogP contribution in [0.2, 0.25) is 10.0 Å². The normalized spacial score (nSPS) is 16.5. The molecule has 1 nitrogen and oxygen atoms in total. The predicted molar refractivity (Wildman–Crippen MR) is 88.2 cm³/mol. The van der Waals surface area contributed by atoms with E-state index in [9.17, 15) is 5.11 Å². The van der Waals surface area contributed by atoms with Crippen LogP contribution >= 0.6 is 23.2 Å². The molecule has 110 valence electrons. The average molecular weight is 321 g/mol. The number of halogens is 2. The van der Waals surface area contributed by atoms with Crippen molar-refractivity contribution in [3.8, 4) is 0 Å². The molecule has 1 atom stereocenters. The Morgan fingerprint density at radius 1 is 1.00 bits per heavy atom. The quantitative estimate of drug-likeness (QED) is 0.784. The largest absolute Gasteiger partial charge is 0.388 e. The van der Waals surface area contributed by atoms with Gasteiger partial charge in [-0.15, -0.1) is 0 Å². The lowest BCUT2D eigenvalue weighted by Crippen LogP contribution is -2.09. The number of benzene rings is 2.